The highest BCUT2D eigenvalue weighted by Gasteiger charge is 2.13. The number of nitrogens with one attached hydrogen (secondary N) is 1. The maximum absolute atomic E-state index is 12.0. The highest BCUT2D eigenvalue weighted by molar-refractivity contribution is 7.98. The van der Waals surface area contributed by atoms with E-state index in [0.29, 0.717) is 17.3 Å². The van der Waals surface area contributed by atoms with Gasteiger partial charge in [0, 0.05) is 28.1 Å². The third kappa shape index (κ3) is 6.27. The summed E-state index contributed by atoms with van der Waals surface area (Å²) in [6.45, 7) is 2.31. The quantitative estimate of drug-likeness (QED) is 0.664. The van der Waals surface area contributed by atoms with Crippen LogP contribution in [0, 0.1) is 0 Å². The molecule has 2 aromatic rings. The maximum atomic E-state index is 12.0. The van der Waals surface area contributed by atoms with Crippen LogP contribution >= 0.6 is 35.0 Å². The average molecular weight is 384 g/mol. The molecule has 1 amide bonds. The summed E-state index contributed by atoms with van der Waals surface area (Å²) in [6, 6.07) is 14.7. The fourth-order valence-corrected chi connectivity index (χ4v) is 3.23. The second-order valence-corrected chi connectivity index (χ2v) is 7.10. The Kier molecular flexibility index (Phi) is 7.76. The first-order chi connectivity index (χ1) is 11.6. The smallest absolute Gasteiger partial charge is 0.260 e. The van der Waals surface area contributed by atoms with Crippen LogP contribution in [0.25, 0.3) is 0 Å². The van der Waals surface area contributed by atoms with Gasteiger partial charge < -0.3 is 10.1 Å². The van der Waals surface area contributed by atoms with Crippen molar-refractivity contribution in [1.82, 2.24) is 5.32 Å². The summed E-state index contributed by atoms with van der Waals surface area (Å²) < 4.78 is 5.58. The Morgan fingerprint density at radius 3 is 2.58 bits per heavy atom. The van der Waals surface area contributed by atoms with E-state index in [1.54, 1.807) is 43.0 Å². The van der Waals surface area contributed by atoms with Crippen molar-refractivity contribution in [3.63, 3.8) is 0 Å². The molecule has 2 aromatic carbocycles. The SMILES string of the molecule is C[C@H](Oc1ccc(Cl)cc1)C(=O)NCCSCc1ccccc1Cl. The first-order valence-electron chi connectivity index (χ1n) is 7.57. The molecule has 1 atom stereocenters. The third-order valence-electron chi connectivity index (χ3n) is 3.26. The Hall–Kier alpha value is -1.36. The minimum absolute atomic E-state index is 0.136. The van der Waals surface area contributed by atoms with Gasteiger partial charge in [0.1, 0.15) is 5.75 Å². The van der Waals surface area contributed by atoms with Crippen molar-refractivity contribution in [2.75, 3.05) is 12.3 Å². The van der Waals surface area contributed by atoms with E-state index in [0.717, 1.165) is 22.1 Å². The molecular weight excluding hydrogens is 365 g/mol. The van der Waals surface area contributed by atoms with Gasteiger partial charge in [-0.3, -0.25) is 4.79 Å². The molecule has 0 bridgehead atoms. The monoisotopic (exact) mass is 383 g/mol. The molecule has 2 rings (SSSR count). The number of halogens is 2. The summed E-state index contributed by atoms with van der Waals surface area (Å²) in [5, 5.41) is 4.28. The van der Waals surface area contributed by atoms with Crippen molar-refractivity contribution in [3.05, 3.63) is 64.1 Å². The van der Waals surface area contributed by atoms with Crippen molar-refractivity contribution >= 4 is 40.9 Å². The van der Waals surface area contributed by atoms with Crippen LogP contribution in [-0.2, 0) is 10.5 Å². The Bertz CT molecular complexity index is 664. The number of benzene rings is 2. The molecule has 0 aliphatic carbocycles. The van der Waals surface area contributed by atoms with Gasteiger partial charge in [0.25, 0.3) is 5.91 Å². The minimum Gasteiger partial charge on any atom is -0.481 e. The molecule has 0 aliphatic heterocycles. The normalized spacial score (nSPS) is 11.8. The summed E-state index contributed by atoms with van der Waals surface area (Å²) in [6.07, 6.45) is -0.556. The lowest BCUT2D eigenvalue weighted by Crippen LogP contribution is -2.37. The summed E-state index contributed by atoms with van der Waals surface area (Å²) >= 11 is 13.7. The third-order valence-corrected chi connectivity index (χ3v) is 4.89. The summed E-state index contributed by atoms with van der Waals surface area (Å²) in [4.78, 5) is 12.0. The highest BCUT2D eigenvalue weighted by atomic mass is 35.5. The number of carbonyl (C=O) groups excluding carboxylic acids is 1. The number of hydrogen-bond acceptors (Lipinski definition) is 3. The topological polar surface area (TPSA) is 38.3 Å². The van der Waals surface area contributed by atoms with Crippen LogP contribution in [0.5, 0.6) is 5.75 Å². The number of ether oxygens (including phenoxy) is 1. The molecule has 0 heterocycles. The lowest BCUT2D eigenvalue weighted by Gasteiger charge is -2.14. The number of thioether (sulfide) groups is 1. The first-order valence-corrected chi connectivity index (χ1v) is 9.48. The fraction of sp³-hybridized carbons (Fsp3) is 0.278. The van der Waals surface area contributed by atoms with Crippen LogP contribution in [0.15, 0.2) is 48.5 Å². The van der Waals surface area contributed by atoms with Gasteiger partial charge >= 0.3 is 0 Å². The minimum atomic E-state index is -0.556. The van der Waals surface area contributed by atoms with E-state index < -0.39 is 6.10 Å². The number of hydrogen-bond donors (Lipinski definition) is 1. The Morgan fingerprint density at radius 1 is 1.17 bits per heavy atom. The zero-order chi connectivity index (χ0) is 17.4. The van der Waals surface area contributed by atoms with Gasteiger partial charge in [-0.15, -0.1) is 0 Å². The second-order valence-electron chi connectivity index (χ2n) is 5.15. The van der Waals surface area contributed by atoms with E-state index in [-0.39, 0.29) is 5.91 Å². The molecule has 0 radical (unpaired) electrons. The molecule has 0 fully saturated rings. The van der Waals surface area contributed by atoms with Crippen LogP contribution in [0.3, 0.4) is 0 Å². The Balaban J connectivity index is 1.65. The van der Waals surface area contributed by atoms with E-state index in [1.807, 2.05) is 24.3 Å². The molecular formula is C18H19Cl2NO2S. The molecule has 6 heteroatoms. The van der Waals surface area contributed by atoms with Crippen molar-refractivity contribution in [2.24, 2.45) is 0 Å². The Labute approximate surface area is 156 Å². The average Bonchev–Trinajstić information content (AvgIpc) is 2.58. The van der Waals surface area contributed by atoms with Gasteiger partial charge in [0.2, 0.25) is 0 Å². The second kappa shape index (κ2) is 9.82. The summed E-state index contributed by atoms with van der Waals surface area (Å²) in [5.74, 6) is 2.12. The van der Waals surface area contributed by atoms with Crippen LogP contribution in [0.2, 0.25) is 10.0 Å². The molecule has 0 unspecified atom stereocenters. The predicted molar refractivity (Wildman–Crippen MR) is 102 cm³/mol. The number of rotatable bonds is 8. The van der Waals surface area contributed by atoms with Gasteiger partial charge in [-0.05, 0) is 42.8 Å². The molecule has 24 heavy (non-hydrogen) atoms. The fourth-order valence-electron chi connectivity index (χ4n) is 1.96. The van der Waals surface area contributed by atoms with Gasteiger partial charge in [0.05, 0.1) is 0 Å². The summed E-state index contributed by atoms with van der Waals surface area (Å²) in [5.41, 5.74) is 1.11. The van der Waals surface area contributed by atoms with Gasteiger partial charge in [-0.1, -0.05) is 41.4 Å². The maximum Gasteiger partial charge on any atom is 0.260 e. The standard InChI is InChI=1S/C18H19Cl2NO2S/c1-13(23-16-8-6-15(19)7-9-16)18(22)21-10-11-24-12-14-4-2-3-5-17(14)20/h2-9,13H,10-12H2,1H3,(H,21,22)/t13-/m0/s1. The molecule has 0 aliphatic rings. The van der Waals surface area contributed by atoms with Crippen molar-refractivity contribution in [3.8, 4) is 5.75 Å². The zero-order valence-electron chi connectivity index (χ0n) is 13.3. The molecule has 128 valence electrons. The van der Waals surface area contributed by atoms with Gasteiger partial charge in [-0.2, -0.15) is 11.8 Å². The van der Waals surface area contributed by atoms with Crippen LogP contribution in [-0.4, -0.2) is 24.3 Å². The van der Waals surface area contributed by atoms with Gasteiger partial charge in [-0.25, -0.2) is 0 Å². The van der Waals surface area contributed by atoms with Crippen LogP contribution in [0.4, 0.5) is 0 Å². The lowest BCUT2D eigenvalue weighted by molar-refractivity contribution is -0.127. The molecule has 0 aromatic heterocycles. The van der Waals surface area contributed by atoms with E-state index in [4.69, 9.17) is 27.9 Å². The Morgan fingerprint density at radius 2 is 1.88 bits per heavy atom. The first kappa shape index (κ1) is 19.0. The predicted octanol–water partition coefficient (Wildman–Crippen LogP) is 4.81. The van der Waals surface area contributed by atoms with Crippen LogP contribution < -0.4 is 10.1 Å². The van der Waals surface area contributed by atoms with E-state index in [2.05, 4.69) is 5.32 Å². The van der Waals surface area contributed by atoms with E-state index in [9.17, 15) is 4.79 Å². The lowest BCUT2D eigenvalue weighted by atomic mass is 10.2. The van der Waals surface area contributed by atoms with E-state index in [1.165, 1.54) is 0 Å². The molecule has 0 saturated heterocycles. The number of carbonyl (C=O) groups is 1. The molecule has 0 saturated carbocycles. The van der Waals surface area contributed by atoms with Crippen molar-refractivity contribution in [1.29, 1.82) is 0 Å². The molecule has 1 N–H and O–H groups in total. The van der Waals surface area contributed by atoms with Crippen molar-refractivity contribution in [2.45, 2.75) is 18.8 Å². The highest BCUT2D eigenvalue weighted by Crippen LogP contribution is 2.20. The van der Waals surface area contributed by atoms with Gasteiger partial charge in [0.15, 0.2) is 6.10 Å². The summed E-state index contributed by atoms with van der Waals surface area (Å²) in [7, 11) is 0. The number of amides is 1. The zero-order valence-corrected chi connectivity index (χ0v) is 15.6. The van der Waals surface area contributed by atoms with Crippen molar-refractivity contribution < 1.29 is 9.53 Å². The largest absolute Gasteiger partial charge is 0.481 e. The molecule has 3 nitrogen and oxygen atoms in total. The molecule has 0 spiro atoms. The van der Waals surface area contributed by atoms with Crippen LogP contribution in [0.1, 0.15) is 12.5 Å². The van der Waals surface area contributed by atoms with E-state index >= 15 is 0 Å².